The first kappa shape index (κ1) is 18.6. The molecule has 1 fully saturated rings. The van der Waals surface area contributed by atoms with Gasteiger partial charge in [0.1, 0.15) is 42.1 Å². The van der Waals surface area contributed by atoms with Crippen LogP contribution in [-0.4, -0.2) is 24.0 Å². The minimum Gasteiger partial charge on any atom is -0.486 e. The molecular formula is C20H17N3O6. The molecule has 1 N–H and O–H groups in total. The lowest BCUT2D eigenvalue weighted by Gasteiger charge is -2.19. The molecule has 148 valence electrons. The van der Waals surface area contributed by atoms with Crippen LogP contribution in [-0.2, 0) is 4.79 Å². The molecule has 9 heteroatoms. The van der Waals surface area contributed by atoms with Crippen LogP contribution in [0.1, 0.15) is 30.8 Å². The van der Waals surface area contributed by atoms with Gasteiger partial charge in [-0.15, -0.1) is 0 Å². The molecule has 0 unspecified atom stereocenters. The second-order valence-corrected chi connectivity index (χ2v) is 6.95. The van der Waals surface area contributed by atoms with E-state index in [2.05, 4.69) is 12.2 Å². The number of nitrogens with zero attached hydrogens (tertiary/aromatic N) is 2. The van der Waals surface area contributed by atoms with Crippen LogP contribution in [0.2, 0.25) is 0 Å². The summed E-state index contributed by atoms with van der Waals surface area (Å²) in [5.74, 6) is 1.86. The molecule has 1 aromatic carbocycles. The highest BCUT2D eigenvalue weighted by atomic mass is 16.6. The molecule has 2 heterocycles. The van der Waals surface area contributed by atoms with E-state index in [1.807, 2.05) is 12.1 Å². The summed E-state index contributed by atoms with van der Waals surface area (Å²) in [4.78, 5) is 23.3. The number of furan rings is 1. The van der Waals surface area contributed by atoms with E-state index >= 15 is 0 Å². The van der Waals surface area contributed by atoms with E-state index in [-0.39, 0.29) is 35.1 Å². The average molecular weight is 395 g/mol. The number of nitro groups is 1. The maximum Gasteiger partial charge on any atom is 0.296 e. The van der Waals surface area contributed by atoms with Crippen molar-refractivity contribution in [2.45, 2.75) is 19.3 Å². The van der Waals surface area contributed by atoms with E-state index in [0.29, 0.717) is 24.2 Å². The number of nitro benzene ring substituents is 1. The standard InChI is InChI=1S/C20H17N3O6/c1-11-6-14(11)17-3-2-13(29-17)7-12(10-21)20(24)22-15-8-18-19(28-5-4-27-18)9-16(15)23(25)26/h2-3,7-9,11,14H,4-6H2,1H3,(H,22,24)/b12-7+/t11-,14+/m1/s1. The number of hydrogen-bond acceptors (Lipinski definition) is 7. The number of amides is 1. The van der Waals surface area contributed by atoms with Crippen LogP contribution in [0.4, 0.5) is 11.4 Å². The quantitative estimate of drug-likeness (QED) is 0.354. The molecule has 2 aromatic rings. The smallest absolute Gasteiger partial charge is 0.296 e. The van der Waals surface area contributed by atoms with Crippen LogP contribution in [0, 0.1) is 27.4 Å². The molecule has 1 saturated carbocycles. The predicted molar refractivity (Wildman–Crippen MR) is 102 cm³/mol. The molecule has 2 atom stereocenters. The number of ether oxygens (including phenoxy) is 2. The number of nitriles is 1. The maximum absolute atomic E-state index is 12.6. The lowest BCUT2D eigenvalue weighted by Crippen LogP contribution is -2.18. The third-order valence-corrected chi connectivity index (χ3v) is 4.88. The van der Waals surface area contributed by atoms with Gasteiger partial charge in [0.25, 0.3) is 11.6 Å². The lowest BCUT2D eigenvalue weighted by atomic mass is 10.2. The summed E-state index contributed by atoms with van der Waals surface area (Å²) < 4.78 is 16.4. The topological polar surface area (TPSA) is 128 Å². The molecule has 0 bridgehead atoms. The van der Waals surface area contributed by atoms with E-state index in [9.17, 15) is 20.2 Å². The number of anilines is 1. The third kappa shape index (κ3) is 3.78. The van der Waals surface area contributed by atoms with Crippen molar-refractivity contribution in [2.75, 3.05) is 18.5 Å². The van der Waals surface area contributed by atoms with Gasteiger partial charge in [0.2, 0.25) is 0 Å². The zero-order chi connectivity index (χ0) is 20.5. The van der Waals surface area contributed by atoms with E-state index in [0.717, 1.165) is 12.2 Å². The van der Waals surface area contributed by atoms with Crippen molar-refractivity contribution in [3.63, 3.8) is 0 Å². The molecule has 4 rings (SSSR count). The van der Waals surface area contributed by atoms with Gasteiger partial charge >= 0.3 is 0 Å². The second-order valence-electron chi connectivity index (χ2n) is 6.95. The van der Waals surface area contributed by atoms with Crippen molar-refractivity contribution in [3.8, 4) is 17.6 Å². The van der Waals surface area contributed by atoms with Gasteiger partial charge < -0.3 is 19.2 Å². The first-order chi connectivity index (χ1) is 14.0. The molecule has 0 radical (unpaired) electrons. The number of nitrogens with one attached hydrogen (secondary N) is 1. The van der Waals surface area contributed by atoms with Crippen molar-refractivity contribution in [3.05, 3.63) is 51.5 Å². The van der Waals surface area contributed by atoms with Crippen molar-refractivity contribution in [1.82, 2.24) is 0 Å². The van der Waals surface area contributed by atoms with E-state index < -0.39 is 10.8 Å². The Balaban J connectivity index is 1.58. The molecular weight excluding hydrogens is 378 g/mol. The third-order valence-electron chi connectivity index (χ3n) is 4.88. The number of benzene rings is 1. The molecule has 2 aliphatic rings. The Labute approximate surface area is 165 Å². The fraction of sp³-hybridized carbons (Fsp3) is 0.300. The van der Waals surface area contributed by atoms with Gasteiger partial charge in [-0.3, -0.25) is 14.9 Å². The zero-order valence-electron chi connectivity index (χ0n) is 15.5. The van der Waals surface area contributed by atoms with Crippen molar-refractivity contribution < 1.29 is 23.6 Å². The lowest BCUT2D eigenvalue weighted by molar-refractivity contribution is -0.384. The summed E-state index contributed by atoms with van der Waals surface area (Å²) in [5, 5.41) is 23.2. The molecule has 1 aliphatic carbocycles. The van der Waals surface area contributed by atoms with Gasteiger partial charge in [-0.1, -0.05) is 6.92 Å². The Morgan fingerprint density at radius 3 is 2.62 bits per heavy atom. The first-order valence-corrected chi connectivity index (χ1v) is 9.07. The Morgan fingerprint density at radius 2 is 2.00 bits per heavy atom. The van der Waals surface area contributed by atoms with Gasteiger partial charge in [-0.25, -0.2) is 0 Å². The van der Waals surface area contributed by atoms with Crippen molar-refractivity contribution in [1.29, 1.82) is 5.26 Å². The Morgan fingerprint density at radius 1 is 1.31 bits per heavy atom. The van der Waals surface area contributed by atoms with Gasteiger partial charge in [0.15, 0.2) is 11.5 Å². The second kappa shape index (κ2) is 7.31. The Bertz CT molecular complexity index is 1060. The SMILES string of the molecule is C[C@@H]1C[C@@H]1c1ccc(/C=C(\C#N)C(=O)Nc2cc3c(cc2[N+](=O)[O-])OCCO3)o1. The highest BCUT2D eigenvalue weighted by Crippen LogP contribution is 2.47. The number of carbonyl (C=O) groups excluding carboxylic acids is 1. The summed E-state index contributed by atoms with van der Waals surface area (Å²) in [6, 6.07) is 7.84. The summed E-state index contributed by atoms with van der Waals surface area (Å²) >= 11 is 0. The molecule has 0 saturated heterocycles. The first-order valence-electron chi connectivity index (χ1n) is 9.07. The summed E-state index contributed by atoms with van der Waals surface area (Å²) in [6.45, 7) is 2.70. The number of carbonyl (C=O) groups is 1. The predicted octanol–water partition coefficient (Wildman–Crippen LogP) is 3.63. The zero-order valence-corrected chi connectivity index (χ0v) is 15.5. The highest BCUT2D eigenvalue weighted by molar-refractivity contribution is 6.10. The monoisotopic (exact) mass is 395 g/mol. The van der Waals surface area contributed by atoms with Crippen LogP contribution in [0.25, 0.3) is 6.08 Å². The van der Waals surface area contributed by atoms with Gasteiger partial charge in [-0.05, 0) is 24.5 Å². The van der Waals surface area contributed by atoms with Gasteiger partial charge in [0, 0.05) is 18.1 Å². The molecule has 1 aliphatic heterocycles. The largest absolute Gasteiger partial charge is 0.486 e. The van der Waals surface area contributed by atoms with Crippen LogP contribution < -0.4 is 14.8 Å². The minimum atomic E-state index is -0.787. The molecule has 29 heavy (non-hydrogen) atoms. The maximum atomic E-state index is 12.6. The summed E-state index contributed by atoms with van der Waals surface area (Å²) in [7, 11) is 0. The highest BCUT2D eigenvalue weighted by Gasteiger charge is 2.36. The van der Waals surface area contributed by atoms with Gasteiger partial charge in [-0.2, -0.15) is 5.26 Å². The number of hydrogen-bond donors (Lipinski definition) is 1. The number of fused-ring (bicyclic) bond motifs is 1. The van der Waals surface area contributed by atoms with E-state index in [1.165, 1.54) is 18.2 Å². The fourth-order valence-corrected chi connectivity index (χ4v) is 3.17. The summed E-state index contributed by atoms with van der Waals surface area (Å²) in [6.07, 6.45) is 2.37. The van der Waals surface area contributed by atoms with Crippen LogP contribution in [0.3, 0.4) is 0 Å². The van der Waals surface area contributed by atoms with Crippen molar-refractivity contribution >= 4 is 23.4 Å². The number of rotatable bonds is 5. The fourth-order valence-electron chi connectivity index (χ4n) is 3.17. The molecule has 0 spiro atoms. The Kier molecular flexibility index (Phi) is 4.68. The normalized spacial score (nSPS) is 19.9. The van der Waals surface area contributed by atoms with Gasteiger partial charge in [0.05, 0.1) is 11.0 Å². The minimum absolute atomic E-state index is 0.0858. The van der Waals surface area contributed by atoms with E-state index in [1.54, 1.807) is 6.07 Å². The Hall–Kier alpha value is -3.80. The average Bonchev–Trinajstić information content (AvgIpc) is 3.25. The molecule has 9 nitrogen and oxygen atoms in total. The van der Waals surface area contributed by atoms with Crippen LogP contribution in [0.15, 0.2) is 34.3 Å². The molecule has 1 amide bonds. The molecule has 1 aromatic heterocycles. The summed E-state index contributed by atoms with van der Waals surface area (Å²) in [5.41, 5.74) is -0.681. The van der Waals surface area contributed by atoms with Crippen LogP contribution >= 0.6 is 0 Å². The van der Waals surface area contributed by atoms with Crippen molar-refractivity contribution in [2.24, 2.45) is 5.92 Å². The van der Waals surface area contributed by atoms with Crippen LogP contribution in [0.5, 0.6) is 11.5 Å². The van der Waals surface area contributed by atoms with E-state index in [4.69, 9.17) is 13.9 Å².